The Hall–Kier alpha value is -6.94. The Balaban J connectivity index is 1.02. The number of fused-ring (bicyclic) bond motifs is 7. The van der Waals surface area contributed by atoms with Gasteiger partial charge in [-0.3, -0.25) is 0 Å². The number of aromatic nitrogens is 1. The van der Waals surface area contributed by atoms with Gasteiger partial charge in [0.05, 0.1) is 11.0 Å². The Morgan fingerprint density at radius 3 is 1.73 bits per heavy atom. The molecule has 2 aromatic heterocycles. The van der Waals surface area contributed by atoms with Crippen molar-refractivity contribution in [2.24, 2.45) is 0 Å². The third kappa shape index (κ3) is 5.16. The molecule has 3 heteroatoms. The van der Waals surface area contributed by atoms with Crippen molar-refractivity contribution in [1.82, 2.24) is 4.57 Å². The molecule has 0 N–H and O–H groups in total. The average Bonchev–Trinajstić information content (AvgIpc) is 3.80. The van der Waals surface area contributed by atoms with E-state index >= 15 is 0 Å². The first-order chi connectivity index (χ1) is 27.3. The first-order valence-electron chi connectivity index (χ1n) is 18.8. The zero-order valence-electron chi connectivity index (χ0n) is 29.9. The molecule has 0 atom stereocenters. The number of anilines is 3. The van der Waals surface area contributed by atoms with Crippen LogP contribution in [0.3, 0.4) is 0 Å². The SMILES string of the molecule is c1ccc(N(c2ccc(-c3ccc(-c4cccc5c4sc4ccccc45)c4ccccc34)cc2)c2ccc3c(c2)c2ccccc2n3-c2ccccc2)cc1. The fourth-order valence-electron chi connectivity index (χ4n) is 8.51. The van der Waals surface area contributed by atoms with Crippen LogP contribution in [0, 0.1) is 0 Å². The second-order valence-corrected chi connectivity index (χ2v) is 15.1. The molecule has 11 aromatic rings. The standard InChI is InChI=1S/C52H34N2S/c1-3-14-36(15-4-1)53(39-30-33-50-48(34-39)44-20-9-11-24-49(44)54(50)37-16-5-2-6-17-37)38-28-26-35(27-29-38)40-31-32-43(42-19-8-7-18-41(40)42)46-22-13-23-47-45-21-10-12-25-51(45)55-52(46)47/h1-34H. The predicted octanol–water partition coefficient (Wildman–Crippen LogP) is 15.1. The molecular formula is C52H34N2S. The van der Waals surface area contributed by atoms with E-state index in [9.17, 15) is 0 Å². The summed E-state index contributed by atoms with van der Waals surface area (Å²) in [5.41, 5.74) is 11.9. The van der Waals surface area contributed by atoms with Crippen molar-refractivity contribution in [2.75, 3.05) is 4.90 Å². The number of nitrogens with zero attached hydrogens (tertiary/aromatic N) is 2. The summed E-state index contributed by atoms with van der Waals surface area (Å²) in [6.45, 7) is 0. The maximum absolute atomic E-state index is 2.37. The van der Waals surface area contributed by atoms with Crippen LogP contribution in [0.1, 0.15) is 0 Å². The molecule has 11 rings (SSSR count). The maximum atomic E-state index is 2.37. The smallest absolute Gasteiger partial charge is 0.0542 e. The number of hydrogen-bond donors (Lipinski definition) is 0. The predicted molar refractivity (Wildman–Crippen MR) is 237 cm³/mol. The van der Waals surface area contributed by atoms with Crippen LogP contribution in [0.25, 0.3) is 80.7 Å². The fraction of sp³-hybridized carbons (Fsp3) is 0. The molecule has 2 heterocycles. The summed E-state index contributed by atoms with van der Waals surface area (Å²) in [4.78, 5) is 2.37. The maximum Gasteiger partial charge on any atom is 0.0542 e. The molecule has 0 aliphatic carbocycles. The molecule has 0 aliphatic heterocycles. The number of thiophene rings is 1. The summed E-state index contributed by atoms with van der Waals surface area (Å²) in [7, 11) is 0. The lowest BCUT2D eigenvalue weighted by Crippen LogP contribution is -2.09. The molecule has 258 valence electrons. The van der Waals surface area contributed by atoms with Crippen LogP contribution in [-0.4, -0.2) is 4.57 Å². The van der Waals surface area contributed by atoms with Crippen LogP contribution in [0.4, 0.5) is 17.1 Å². The molecule has 0 unspecified atom stereocenters. The van der Waals surface area contributed by atoms with Gasteiger partial charge in [-0.1, -0.05) is 140 Å². The van der Waals surface area contributed by atoms with E-state index in [2.05, 4.69) is 216 Å². The number of hydrogen-bond acceptors (Lipinski definition) is 2. The van der Waals surface area contributed by atoms with Crippen molar-refractivity contribution in [2.45, 2.75) is 0 Å². The van der Waals surface area contributed by atoms with Crippen molar-refractivity contribution >= 4 is 81.1 Å². The number of rotatable bonds is 6. The summed E-state index contributed by atoms with van der Waals surface area (Å²) in [5, 5.41) is 7.64. The van der Waals surface area contributed by atoms with Crippen molar-refractivity contribution in [3.05, 3.63) is 206 Å². The van der Waals surface area contributed by atoms with Crippen molar-refractivity contribution in [3.8, 4) is 27.9 Å². The van der Waals surface area contributed by atoms with E-state index in [-0.39, 0.29) is 0 Å². The number of para-hydroxylation sites is 3. The summed E-state index contributed by atoms with van der Waals surface area (Å²) >= 11 is 1.89. The van der Waals surface area contributed by atoms with Gasteiger partial charge in [0, 0.05) is 59.3 Å². The number of benzene rings is 9. The minimum absolute atomic E-state index is 1.11. The topological polar surface area (TPSA) is 8.17 Å². The van der Waals surface area contributed by atoms with Gasteiger partial charge in [-0.15, -0.1) is 11.3 Å². The summed E-state index contributed by atoms with van der Waals surface area (Å²) in [6.07, 6.45) is 0. The molecular weight excluding hydrogens is 685 g/mol. The van der Waals surface area contributed by atoms with Gasteiger partial charge in [-0.25, -0.2) is 0 Å². The van der Waals surface area contributed by atoms with E-state index < -0.39 is 0 Å². The minimum atomic E-state index is 1.11. The molecule has 0 fully saturated rings. The van der Waals surface area contributed by atoms with E-state index in [0.29, 0.717) is 0 Å². The van der Waals surface area contributed by atoms with Gasteiger partial charge in [0.1, 0.15) is 0 Å². The van der Waals surface area contributed by atoms with Crippen LogP contribution >= 0.6 is 11.3 Å². The third-order valence-electron chi connectivity index (χ3n) is 11.0. The zero-order chi connectivity index (χ0) is 36.3. The van der Waals surface area contributed by atoms with Crippen molar-refractivity contribution in [1.29, 1.82) is 0 Å². The Kier molecular flexibility index (Phi) is 7.39. The molecule has 0 bridgehead atoms. The van der Waals surface area contributed by atoms with Gasteiger partial charge in [-0.2, -0.15) is 0 Å². The van der Waals surface area contributed by atoms with Gasteiger partial charge < -0.3 is 9.47 Å². The second kappa shape index (κ2) is 12.9. The quantitative estimate of drug-likeness (QED) is 0.166. The molecule has 0 spiro atoms. The Morgan fingerprint density at radius 2 is 0.927 bits per heavy atom. The molecule has 9 aromatic carbocycles. The summed E-state index contributed by atoms with van der Waals surface area (Å²) in [5.74, 6) is 0. The lowest BCUT2D eigenvalue weighted by Gasteiger charge is -2.26. The molecule has 0 saturated carbocycles. The van der Waals surface area contributed by atoms with Crippen molar-refractivity contribution in [3.63, 3.8) is 0 Å². The van der Waals surface area contributed by atoms with E-state index in [4.69, 9.17) is 0 Å². The second-order valence-electron chi connectivity index (χ2n) is 14.1. The molecule has 0 aliphatic rings. The zero-order valence-corrected chi connectivity index (χ0v) is 30.7. The van der Waals surface area contributed by atoms with E-state index in [1.165, 1.54) is 75.0 Å². The molecule has 0 saturated heterocycles. The Labute approximate surface area is 323 Å². The first kappa shape index (κ1) is 31.6. The van der Waals surface area contributed by atoms with Crippen LogP contribution < -0.4 is 4.90 Å². The van der Waals surface area contributed by atoms with Crippen LogP contribution in [0.2, 0.25) is 0 Å². The van der Waals surface area contributed by atoms with E-state index in [1.54, 1.807) is 0 Å². The highest BCUT2D eigenvalue weighted by Gasteiger charge is 2.19. The third-order valence-corrected chi connectivity index (χ3v) is 12.2. The van der Waals surface area contributed by atoms with Gasteiger partial charge in [0.25, 0.3) is 0 Å². The highest BCUT2D eigenvalue weighted by Crippen LogP contribution is 2.44. The largest absolute Gasteiger partial charge is 0.310 e. The van der Waals surface area contributed by atoms with Gasteiger partial charge >= 0.3 is 0 Å². The molecule has 0 radical (unpaired) electrons. The molecule has 55 heavy (non-hydrogen) atoms. The lowest BCUT2D eigenvalue weighted by molar-refractivity contribution is 1.18. The fourth-order valence-corrected chi connectivity index (χ4v) is 9.74. The van der Waals surface area contributed by atoms with Crippen molar-refractivity contribution < 1.29 is 0 Å². The van der Waals surface area contributed by atoms with Crippen LogP contribution in [0.15, 0.2) is 206 Å². The van der Waals surface area contributed by atoms with Crippen LogP contribution in [-0.2, 0) is 0 Å². The Morgan fingerprint density at radius 1 is 0.345 bits per heavy atom. The van der Waals surface area contributed by atoms with E-state index in [1.807, 2.05) is 11.3 Å². The normalized spacial score (nSPS) is 11.6. The van der Waals surface area contributed by atoms with E-state index in [0.717, 1.165) is 22.7 Å². The summed E-state index contributed by atoms with van der Waals surface area (Å²) in [6, 6.07) is 75.0. The van der Waals surface area contributed by atoms with Gasteiger partial charge in [0.2, 0.25) is 0 Å². The molecule has 2 nitrogen and oxygen atoms in total. The first-order valence-corrected chi connectivity index (χ1v) is 19.6. The highest BCUT2D eigenvalue weighted by atomic mass is 32.1. The molecule has 0 amide bonds. The summed E-state index contributed by atoms with van der Waals surface area (Å²) < 4.78 is 5.04. The lowest BCUT2D eigenvalue weighted by atomic mass is 9.91. The highest BCUT2D eigenvalue weighted by molar-refractivity contribution is 7.26. The average molecular weight is 719 g/mol. The van der Waals surface area contributed by atoms with Crippen LogP contribution in [0.5, 0.6) is 0 Å². The van der Waals surface area contributed by atoms with Gasteiger partial charge in [-0.05, 0) is 94.2 Å². The monoisotopic (exact) mass is 718 g/mol. The van der Waals surface area contributed by atoms with Gasteiger partial charge in [0.15, 0.2) is 0 Å². The Bertz CT molecular complexity index is 3190. The minimum Gasteiger partial charge on any atom is -0.310 e.